The van der Waals surface area contributed by atoms with Gasteiger partial charge in [-0.05, 0) is 43.0 Å². The van der Waals surface area contributed by atoms with Crippen molar-refractivity contribution < 1.29 is 23.4 Å². The molecule has 0 spiro atoms. The smallest absolute Gasteiger partial charge is 0.293 e. The van der Waals surface area contributed by atoms with Crippen molar-refractivity contribution in [1.82, 2.24) is 0 Å². The van der Waals surface area contributed by atoms with Crippen LogP contribution in [0, 0.1) is 5.92 Å². The molecule has 4 atom stereocenters. The van der Waals surface area contributed by atoms with Crippen LogP contribution in [0.25, 0.3) is 0 Å². The summed E-state index contributed by atoms with van der Waals surface area (Å²) < 4.78 is 23.6. The molecule has 0 N–H and O–H groups in total. The van der Waals surface area contributed by atoms with Gasteiger partial charge in [-0.2, -0.15) is 0 Å². The van der Waals surface area contributed by atoms with Crippen molar-refractivity contribution in [2.45, 2.75) is 83.1 Å². The quantitative estimate of drug-likeness (QED) is 0.385. The second kappa shape index (κ2) is 8.33. The number of rotatable bonds is 7. The molecule has 144 valence electrons. The van der Waals surface area contributed by atoms with Crippen LogP contribution in [0.4, 0.5) is 0 Å². The Bertz CT molecular complexity index is 465. The summed E-state index contributed by atoms with van der Waals surface area (Å²) in [6, 6.07) is 0. The van der Waals surface area contributed by atoms with Gasteiger partial charge >= 0.3 is 0 Å². The molecule has 2 rings (SSSR count). The maximum Gasteiger partial charge on any atom is 0.293 e. The number of ether oxygens (including phenoxy) is 3. The van der Waals surface area contributed by atoms with E-state index in [9.17, 15) is 4.79 Å². The van der Waals surface area contributed by atoms with Gasteiger partial charge in [0, 0.05) is 25.6 Å². The van der Waals surface area contributed by atoms with E-state index in [0.717, 1.165) is 31.4 Å². The van der Waals surface area contributed by atoms with E-state index in [1.54, 1.807) is 0 Å². The first-order valence-corrected chi connectivity index (χ1v) is 12.3. The molecule has 1 aliphatic heterocycles. The molecule has 5 nitrogen and oxygen atoms in total. The minimum absolute atomic E-state index is 0.0320. The third kappa shape index (κ3) is 5.15. The van der Waals surface area contributed by atoms with Gasteiger partial charge in [0.05, 0.1) is 6.10 Å². The Balaban J connectivity index is 2.03. The molecule has 1 saturated heterocycles. The first-order chi connectivity index (χ1) is 11.7. The Hall–Kier alpha value is -0.693. The van der Waals surface area contributed by atoms with Crippen LogP contribution in [-0.2, 0) is 23.4 Å². The van der Waals surface area contributed by atoms with E-state index < -0.39 is 8.32 Å². The Morgan fingerprint density at radius 3 is 2.60 bits per heavy atom. The fourth-order valence-electron chi connectivity index (χ4n) is 3.11. The standard InChI is InChI=1S/C19H34O5Si/c1-14-15(12-23-25(5,6)19(2,3)4)17(11-16(14)22-13-20)24-18-9-7-8-10-21-18/h13,15-18H,1,7-12H2,2-6H3. The summed E-state index contributed by atoms with van der Waals surface area (Å²) >= 11 is 0. The molecule has 25 heavy (non-hydrogen) atoms. The van der Waals surface area contributed by atoms with Crippen LogP contribution in [0.5, 0.6) is 0 Å². The van der Waals surface area contributed by atoms with Crippen LogP contribution in [0.2, 0.25) is 18.1 Å². The first-order valence-electron chi connectivity index (χ1n) is 9.34. The highest BCUT2D eigenvalue weighted by Gasteiger charge is 2.44. The summed E-state index contributed by atoms with van der Waals surface area (Å²) in [6.45, 7) is 17.1. The van der Waals surface area contributed by atoms with Crippen LogP contribution in [0.3, 0.4) is 0 Å². The third-order valence-corrected chi connectivity index (χ3v) is 10.4. The number of carbonyl (C=O) groups is 1. The fraction of sp³-hybridized carbons (Fsp3) is 0.842. The lowest BCUT2D eigenvalue weighted by atomic mass is 10.0. The van der Waals surface area contributed by atoms with Gasteiger partial charge in [-0.15, -0.1) is 0 Å². The summed E-state index contributed by atoms with van der Waals surface area (Å²) in [5.74, 6) is 0.0320. The summed E-state index contributed by atoms with van der Waals surface area (Å²) in [4.78, 5) is 10.8. The maximum atomic E-state index is 10.8. The second-order valence-electron chi connectivity index (χ2n) is 8.68. The predicted molar refractivity (Wildman–Crippen MR) is 99.8 cm³/mol. The highest BCUT2D eigenvalue weighted by molar-refractivity contribution is 6.74. The number of hydrogen-bond acceptors (Lipinski definition) is 5. The van der Waals surface area contributed by atoms with Gasteiger partial charge in [0.25, 0.3) is 6.47 Å². The molecule has 1 heterocycles. The van der Waals surface area contributed by atoms with Gasteiger partial charge in [-0.3, -0.25) is 4.79 Å². The lowest BCUT2D eigenvalue weighted by molar-refractivity contribution is -0.195. The Morgan fingerprint density at radius 1 is 1.32 bits per heavy atom. The maximum absolute atomic E-state index is 10.8. The monoisotopic (exact) mass is 370 g/mol. The minimum Gasteiger partial charge on any atom is -0.460 e. The largest absolute Gasteiger partial charge is 0.460 e. The van der Waals surface area contributed by atoms with E-state index in [2.05, 4.69) is 40.4 Å². The first kappa shape index (κ1) is 20.6. The average Bonchev–Trinajstić information content (AvgIpc) is 2.81. The van der Waals surface area contributed by atoms with E-state index in [4.69, 9.17) is 18.6 Å². The molecule has 2 aliphatic rings. The van der Waals surface area contributed by atoms with Crippen LogP contribution >= 0.6 is 0 Å². The summed E-state index contributed by atoms with van der Waals surface area (Å²) in [7, 11) is -1.86. The van der Waals surface area contributed by atoms with Crippen molar-refractivity contribution in [2.24, 2.45) is 5.92 Å². The lowest BCUT2D eigenvalue weighted by Gasteiger charge is -2.38. The van der Waals surface area contributed by atoms with Gasteiger partial charge in [-0.25, -0.2) is 0 Å². The van der Waals surface area contributed by atoms with Gasteiger partial charge in [0.2, 0.25) is 0 Å². The van der Waals surface area contributed by atoms with Crippen molar-refractivity contribution in [1.29, 1.82) is 0 Å². The lowest BCUT2D eigenvalue weighted by Crippen LogP contribution is -2.43. The van der Waals surface area contributed by atoms with Crippen molar-refractivity contribution in [3.63, 3.8) is 0 Å². The van der Waals surface area contributed by atoms with Gasteiger partial charge in [0.15, 0.2) is 14.6 Å². The molecule has 0 aromatic carbocycles. The zero-order valence-corrected chi connectivity index (χ0v) is 17.4. The van der Waals surface area contributed by atoms with Gasteiger partial charge < -0.3 is 18.6 Å². The summed E-state index contributed by atoms with van der Waals surface area (Å²) in [5.41, 5.74) is 0.895. The van der Waals surface area contributed by atoms with Crippen molar-refractivity contribution in [3.8, 4) is 0 Å². The average molecular weight is 371 g/mol. The van der Waals surface area contributed by atoms with Gasteiger partial charge in [-0.1, -0.05) is 27.4 Å². The molecule has 0 radical (unpaired) electrons. The Morgan fingerprint density at radius 2 is 2.04 bits per heavy atom. The highest BCUT2D eigenvalue weighted by Crippen LogP contribution is 2.40. The van der Waals surface area contributed by atoms with Crippen molar-refractivity contribution in [3.05, 3.63) is 12.2 Å². The molecule has 0 bridgehead atoms. The highest BCUT2D eigenvalue weighted by atomic mass is 28.4. The molecular weight excluding hydrogens is 336 g/mol. The van der Waals surface area contributed by atoms with E-state index in [0.29, 0.717) is 19.5 Å². The summed E-state index contributed by atoms with van der Waals surface area (Å²) in [6.07, 6.45) is 3.21. The summed E-state index contributed by atoms with van der Waals surface area (Å²) in [5, 5.41) is 0.147. The molecule has 6 heteroatoms. The van der Waals surface area contributed by atoms with Crippen molar-refractivity contribution >= 4 is 14.8 Å². The minimum atomic E-state index is -1.86. The molecule has 0 amide bonds. The topological polar surface area (TPSA) is 54.0 Å². The number of hydrogen-bond donors (Lipinski definition) is 0. The van der Waals surface area contributed by atoms with Crippen LogP contribution in [-0.4, -0.2) is 46.5 Å². The molecule has 1 saturated carbocycles. The van der Waals surface area contributed by atoms with E-state index in [-0.39, 0.29) is 29.5 Å². The van der Waals surface area contributed by atoms with E-state index >= 15 is 0 Å². The molecule has 2 fully saturated rings. The van der Waals surface area contributed by atoms with E-state index in [1.165, 1.54) is 0 Å². The Kier molecular flexibility index (Phi) is 6.87. The molecular formula is C19H34O5Si. The van der Waals surface area contributed by atoms with Crippen molar-refractivity contribution in [2.75, 3.05) is 13.2 Å². The zero-order chi connectivity index (χ0) is 18.7. The second-order valence-corrected chi connectivity index (χ2v) is 13.5. The fourth-order valence-corrected chi connectivity index (χ4v) is 4.14. The van der Waals surface area contributed by atoms with Crippen LogP contribution in [0.1, 0.15) is 46.5 Å². The zero-order valence-electron chi connectivity index (χ0n) is 16.4. The molecule has 0 aromatic heterocycles. The third-order valence-electron chi connectivity index (χ3n) is 5.90. The molecule has 1 aliphatic carbocycles. The van der Waals surface area contributed by atoms with Crippen LogP contribution < -0.4 is 0 Å². The van der Waals surface area contributed by atoms with Gasteiger partial charge in [0.1, 0.15) is 6.10 Å². The normalized spacial score (nSPS) is 31.2. The number of carbonyl (C=O) groups excluding carboxylic acids is 1. The molecule has 4 unspecified atom stereocenters. The van der Waals surface area contributed by atoms with Crippen LogP contribution in [0.15, 0.2) is 12.2 Å². The SMILES string of the molecule is C=C1C(OC=O)CC(OC2CCCCO2)C1CO[Si](C)(C)C(C)(C)C. The molecule has 0 aromatic rings. The van der Waals surface area contributed by atoms with E-state index in [1.807, 2.05) is 0 Å². The predicted octanol–water partition coefficient (Wildman–Crippen LogP) is 4.04. The Labute approximate surface area is 153 Å².